The van der Waals surface area contributed by atoms with Gasteiger partial charge in [-0.1, -0.05) is 11.6 Å². The summed E-state index contributed by atoms with van der Waals surface area (Å²) in [6, 6.07) is 2.02. The van der Waals surface area contributed by atoms with Gasteiger partial charge < -0.3 is 9.80 Å². The van der Waals surface area contributed by atoms with Gasteiger partial charge in [-0.15, -0.1) is 0 Å². The molecule has 6 heteroatoms. The van der Waals surface area contributed by atoms with E-state index in [1.807, 2.05) is 31.0 Å². The van der Waals surface area contributed by atoms with E-state index in [1.165, 1.54) is 5.56 Å². The highest BCUT2D eigenvalue weighted by Crippen LogP contribution is 2.33. The van der Waals surface area contributed by atoms with Crippen molar-refractivity contribution in [3.63, 3.8) is 0 Å². The number of nitrogens with zero attached hydrogens (tertiary/aromatic N) is 4. The minimum Gasteiger partial charge on any atom is -0.369 e. The van der Waals surface area contributed by atoms with Crippen molar-refractivity contribution >= 4 is 23.2 Å². The van der Waals surface area contributed by atoms with E-state index in [-0.39, 0.29) is 11.8 Å². The van der Waals surface area contributed by atoms with Gasteiger partial charge in [-0.3, -0.25) is 14.8 Å². The van der Waals surface area contributed by atoms with Gasteiger partial charge in [0.25, 0.3) is 0 Å². The minimum atomic E-state index is 0.0285. The summed E-state index contributed by atoms with van der Waals surface area (Å²) < 4.78 is 0. The minimum absolute atomic E-state index is 0.0285. The van der Waals surface area contributed by atoms with E-state index >= 15 is 0 Å². The SMILES string of the molecule is Cc1ccncc1N1CCC(C(=O)N2Cc3nc(C)c(Cl)c(C)c3C2)C1. The summed E-state index contributed by atoms with van der Waals surface area (Å²) in [5.41, 5.74) is 6.35. The van der Waals surface area contributed by atoms with Crippen LogP contribution in [-0.4, -0.2) is 33.9 Å². The smallest absolute Gasteiger partial charge is 0.228 e. The van der Waals surface area contributed by atoms with Gasteiger partial charge in [-0.25, -0.2) is 0 Å². The molecule has 1 unspecified atom stereocenters. The molecule has 1 saturated heterocycles. The highest BCUT2D eigenvalue weighted by molar-refractivity contribution is 6.32. The Morgan fingerprint density at radius 1 is 1.27 bits per heavy atom. The second-order valence-electron chi connectivity index (χ2n) is 7.35. The molecule has 0 radical (unpaired) electrons. The lowest BCUT2D eigenvalue weighted by Gasteiger charge is -2.22. The van der Waals surface area contributed by atoms with Gasteiger partial charge >= 0.3 is 0 Å². The second kappa shape index (κ2) is 6.54. The molecule has 1 amide bonds. The lowest BCUT2D eigenvalue weighted by Crippen LogP contribution is -2.34. The Morgan fingerprint density at radius 2 is 2.08 bits per heavy atom. The number of rotatable bonds is 2. The summed E-state index contributed by atoms with van der Waals surface area (Å²) >= 11 is 6.34. The first-order valence-corrected chi connectivity index (χ1v) is 9.42. The Bertz CT molecular complexity index is 882. The number of pyridine rings is 2. The average Bonchev–Trinajstić information content (AvgIpc) is 3.27. The molecule has 4 rings (SSSR count). The van der Waals surface area contributed by atoms with Gasteiger partial charge in [0.05, 0.1) is 40.8 Å². The van der Waals surface area contributed by atoms with Crippen LogP contribution in [0.1, 0.15) is 34.5 Å². The summed E-state index contributed by atoms with van der Waals surface area (Å²) in [6.45, 7) is 8.89. The molecule has 136 valence electrons. The van der Waals surface area contributed by atoms with Gasteiger partial charge in [0, 0.05) is 25.8 Å². The summed E-state index contributed by atoms with van der Waals surface area (Å²) in [5.74, 6) is 0.251. The summed E-state index contributed by atoms with van der Waals surface area (Å²) in [4.78, 5) is 26.1. The van der Waals surface area contributed by atoms with Crippen LogP contribution in [0.5, 0.6) is 0 Å². The van der Waals surface area contributed by atoms with E-state index < -0.39 is 0 Å². The van der Waals surface area contributed by atoms with Crippen LogP contribution in [0.15, 0.2) is 18.5 Å². The maximum absolute atomic E-state index is 13.1. The predicted molar refractivity (Wildman–Crippen MR) is 102 cm³/mol. The van der Waals surface area contributed by atoms with Crippen molar-refractivity contribution < 1.29 is 4.79 Å². The van der Waals surface area contributed by atoms with Gasteiger partial charge in [0.1, 0.15) is 0 Å². The fourth-order valence-electron chi connectivity index (χ4n) is 4.09. The fraction of sp³-hybridized carbons (Fsp3) is 0.450. The van der Waals surface area contributed by atoms with E-state index in [9.17, 15) is 4.79 Å². The van der Waals surface area contributed by atoms with E-state index in [1.54, 1.807) is 6.20 Å². The van der Waals surface area contributed by atoms with Crippen molar-refractivity contribution in [2.75, 3.05) is 18.0 Å². The number of anilines is 1. The van der Waals surface area contributed by atoms with E-state index in [2.05, 4.69) is 21.8 Å². The van der Waals surface area contributed by atoms with Crippen LogP contribution in [0.25, 0.3) is 0 Å². The molecule has 1 fully saturated rings. The van der Waals surface area contributed by atoms with E-state index in [0.717, 1.165) is 52.7 Å². The highest BCUT2D eigenvalue weighted by Gasteiger charge is 2.35. The molecule has 0 aromatic carbocycles. The molecule has 0 saturated carbocycles. The molecule has 2 aromatic heterocycles. The first-order valence-electron chi connectivity index (χ1n) is 9.04. The van der Waals surface area contributed by atoms with Crippen LogP contribution in [-0.2, 0) is 17.9 Å². The van der Waals surface area contributed by atoms with Crippen molar-refractivity contribution in [2.45, 2.75) is 40.3 Å². The summed E-state index contributed by atoms with van der Waals surface area (Å²) in [5, 5.41) is 0.720. The molecule has 0 aliphatic carbocycles. The van der Waals surface area contributed by atoms with Crippen LogP contribution in [0.4, 0.5) is 5.69 Å². The number of hydrogen-bond acceptors (Lipinski definition) is 4. The van der Waals surface area contributed by atoms with Gasteiger partial charge in [0.2, 0.25) is 5.91 Å². The zero-order valence-corrected chi connectivity index (χ0v) is 16.2. The Morgan fingerprint density at radius 3 is 2.85 bits per heavy atom. The van der Waals surface area contributed by atoms with Crippen molar-refractivity contribution in [3.8, 4) is 0 Å². The Labute approximate surface area is 159 Å². The average molecular weight is 371 g/mol. The normalized spacial score (nSPS) is 19.2. The standard InChI is InChI=1S/C20H23ClN4O/c1-12-4-6-22-8-18(12)24-7-5-15(9-24)20(26)25-10-16-13(2)19(21)14(3)23-17(16)11-25/h4,6,8,15H,5,7,9-11H2,1-3H3. The van der Waals surface area contributed by atoms with Crippen LogP contribution in [0.2, 0.25) is 5.02 Å². The third-order valence-corrected chi connectivity index (χ3v) is 6.20. The summed E-state index contributed by atoms with van der Waals surface area (Å²) in [7, 11) is 0. The van der Waals surface area contributed by atoms with Crippen molar-refractivity contribution in [2.24, 2.45) is 5.92 Å². The molecule has 2 aliphatic heterocycles. The zero-order chi connectivity index (χ0) is 18.4. The molecule has 2 aromatic rings. The van der Waals surface area contributed by atoms with Crippen molar-refractivity contribution in [3.05, 3.63) is 51.6 Å². The molecule has 0 N–H and O–H groups in total. The number of carbonyl (C=O) groups is 1. The van der Waals surface area contributed by atoms with Crippen molar-refractivity contribution in [1.82, 2.24) is 14.9 Å². The lowest BCUT2D eigenvalue weighted by atomic mass is 10.1. The molecule has 0 spiro atoms. The Balaban J connectivity index is 1.48. The molecule has 0 bridgehead atoms. The number of carbonyl (C=O) groups excluding carboxylic acids is 1. The van der Waals surface area contributed by atoms with E-state index in [4.69, 9.17) is 11.6 Å². The van der Waals surface area contributed by atoms with Gasteiger partial charge in [-0.05, 0) is 49.9 Å². The predicted octanol–water partition coefficient (Wildman–Crippen LogP) is 3.42. The number of aryl methyl sites for hydroxylation is 2. The number of hydrogen-bond donors (Lipinski definition) is 0. The highest BCUT2D eigenvalue weighted by atomic mass is 35.5. The first-order chi connectivity index (χ1) is 12.5. The topological polar surface area (TPSA) is 49.3 Å². The largest absolute Gasteiger partial charge is 0.369 e. The van der Waals surface area contributed by atoms with E-state index in [0.29, 0.717) is 13.1 Å². The first kappa shape index (κ1) is 17.3. The Kier molecular flexibility index (Phi) is 4.35. The molecule has 26 heavy (non-hydrogen) atoms. The van der Waals surface area contributed by atoms with Gasteiger partial charge in [0.15, 0.2) is 0 Å². The summed E-state index contributed by atoms with van der Waals surface area (Å²) in [6.07, 6.45) is 4.58. The monoisotopic (exact) mass is 370 g/mol. The van der Waals surface area contributed by atoms with Crippen LogP contribution in [0, 0.1) is 26.7 Å². The molecule has 2 aliphatic rings. The third kappa shape index (κ3) is 2.84. The molecule has 1 atom stereocenters. The molecule has 5 nitrogen and oxygen atoms in total. The lowest BCUT2D eigenvalue weighted by molar-refractivity contribution is -0.135. The maximum atomic E-state index is 13.1. The maximum Gasteiger partial charge on any atom is 0.228 e. The number of fused-ring (bicyclic) bond motifs is 1. The fourth-order valence-corrected chi connectivity index (χ4v) is 4.25. The van der Waals surface area contributed by atoms with Crippen LogP contribution >= 0.6 is 11.6 Å². The number of aromatic nitrogens is 2. The van der Waals surface area contributed by atoms with Crippen LogP contribution < -0.4 is 4.90 Å². The van der Waals surface area contributed by atoms with Gasteiger partial charge in [-0.2, -0.15) is 0 Å². The number of amides is 1. The molecular weight excluding hydrogens is 348 g/mol. The quantitative estimate of drug-likeness (QED) is 0.812. The van der Waals surface area contributed by atoms with Crippen molar-refractivity contribution in [1.29, 1.82) is 0 Å². The Hall–Kier alpha value is -2.14. The molecule has 4 heterocycles. The third-order valence-electron chi connectivity index (χ3n) is 5.64. The molecular formula is C20H23ClN4O. The van der Waals surface area contributed by atoms with Crippen LogP contribution in [0.3, 0.4) is 0 Å². The zero-order valence-electron chi connectivity index (χ0n) is 15.4. The number of halogens is 1. The second-order valence-corrected chi connectivity index (χ2v) is 7.73.